The van der Waals surface area contributed by atoms with Crippen LogP contribution in [0.25, 0.3) is 21.8 Å². The van der Waals surface area contributed by atoms with Gasteiger partial charge in [-0.15, -0.1) is 0 Å². The zero-order valence-electron chi connectivity index (χ0n) is 17.9. The van der Waals surface area contributed by atoms with Gasteiger partial charge < -0.3 is 15.2 Å². The maximum atomic E-state index is 12.8. The number of carbonyl (C=O) groups is 2. The van der Waals surface area contributed by atoms with Gasteiger partial charge in [0.15, 0.2) is 0 Å². The summed E-state index contributed by atoms with van der Waals surface area (Å²) in [6.07, 6.45) is 2.27. The molecule has 6 nitrogen and oxygen atoms in total. The van der Waals surface area contributed by atoms with Crippen LogP contribution in [0.2, 0.25) is 0 Å². The average Bonchev–Trinajstić information content (AvgIpc) is 3.28. The van der Waals surface area contributed by atoms with Gasteiger partial charge in [0.25, 0.3) is 5.91 Å². The van der Waals surface area contributed by atoms with Crippen LogP contribution in [0.3, 0.4) is 0 Å². The number of aromatic amines is 1. The van der Waals surface area contributed by atoms with Crippen LogP contribution in [0.15, 0.2) is 66.7 Å². The zero-order chi connectivity index (χ0) is 21.9. The summed E-state index contributed by atoms with van der Waals surface area (Å²) in [6, 6.07) is 21.6. The van der Waals surface area contributed by atoms with Crippen molar-refractivity contribution in [2.45, 2.75) is 25.2 Å². The molecule has 1 aromatic heterocycles. The third-order valence-corrected chi connectivity index (χ3v) is 6.20. The number of fused-ring (bicyclic) bond motifs is 2. The number of aromatic nitrogens is 2. The molecule has 1 aliphatic rings. The molecule has 32 heavy (non-hydrogen) atoms. The second kappa shape index (κ2) is 8.83. The van der Waals surface area contributed by atoms with Gasteiger partial charge in [0, 0.05) is 37.5 Å². The van der Waals surface area contributed by atoms with Crippen LogP contribution >= 0.6 is 0 Å². The highest BCUT2D eigenvalue weighted by Crippen LogP contribution is 2.27. The Morgan fingerprint density at radius 1 is 1.03 bits per heavy atom. The van der Waals surface area contributed by atoms with Gasteiger partial charge >= 0.3 is 0 Å². The van der Waals surface area contributed by atoms with E-state index in [0.29, 0.717) is 25.1 Å². The van der Waals surface area contributed by atoms with E-state index in [1.807, 2.05) is 71.6 Å². The van der Waals surface area contributed by atoms with Crippen LogP contribution in [0.4, 0.5) is 0 Å². The predicted molar refractivity (Wildman–Crippen MR) is 126 cm³/mol. The number of carbonyl (C=O) groups excluding carboxylic acids is 2. The van der Waals surface area contributed by atoms with Gasteiger partial charge in [0.1, 0.15) is 5.82 Å². The van der Waals surface area contributed by atoms with E-state index in [1.54, 1.807) is 0 Å². The Hall–Kier alpha value is -3.67. The molecular formula is C26H26N4O2. The average molecular weight is 427 g/mol. The van der Waals surface area contributed by atoms with E-state index >= 15 is 0 Å². The molecular weight excluding hydrogens is 400 g/mol. The van der Waals surface area contributed by atoms with Gasteiger partial charge in [0.05, 0.1) is 11.0 Å². The molecule has 0 spiro atoms. The summed E-state index contributed by atoms with van der Waals surface area (Å²) in [4.78, 5) is 35.3. The molecule has 1 unspecified atom stereocenters. The number of para-hydroxylation sites is 2. The van der Waals surface area contributed by atoms with E-state index in [-0.39, 0.29) is 17.7 Å². The van der Waals surface area contributed by atoms with Crippen molar-refractivity contribution >= 4 is 33.6 Å². The van der Waals surface area contributed by atoms with Crippen LogP contribution in [-0.4, -0.2) is 46.3 Å². The summed E-state index contributed by atoms with van der Waals surface area (Å²) < 4.78 is 0. The Kier molecular flexibility index (Phi) is 5.58. The molecule has 2 heterocycles. The number of nitrogens with zero attached hydrogens (tertiary/aromatic N) is 2. The SMILES string of the molecule is O=C(NCCC(=O)N1CCCC(c2nc3ccccc3[nH]2)C1)c1ccc2ccccc2c1. The van der Waals surface area contributed by atoms with Crippen LogP contribution in [0.1, 0.15) is 41.4 Å². The fourth-order valence-corrected chi connectivity index (χ4v) is 4.47. The van der Waals surface area contributed by atoms with E-state index in [2.05, 4.69) is 10.3 Å². The van der Waals surface area contributed by atoms with Gasteiger partial charge in [-0.25, -0.2) is 4.98 Å². The highest BCUT2D eigenvalue weighted by Gasteiger charge is 2.26. The molecule has 0 radical (unpaired) electrons. The lowest BCUT2D eigenvalue weighted by Gasteiger charge is -2.32. The standard InChI is InChI=1S/C26H26N4O2/c31-24(13-14-27-26(32)20-12-11-18-6-1-2-7-19(18)16-20)30-15-5-8-21(17-30)25-28-22-9-3-4-10-23(22)29-25/h1-4,6-7,9-12,16,21H,5,8,13-15,17H2,(H,27,32)(H,28,29). The van der Waals surface area contributed by atoms with Crippen molar-refractivity contribution in [3.05, 3.63) is 78.1 Å². The van der Waals surface area contributed by atoms with E-state index in [4.69, 9.17) is 4.98 Å². The van der Waals surface area contributed by atoms with Crippen molar-refractivity contribution < 1.29 is 9.59 Å². The van der Waals surface area contributed by atoms with E-state index in [0.717, 1.165) is 47.0 Å². The molecule has 6 heteroatoms. The van der Waals surface area contributed by atoms with Crippen LogP contribution in [-0.2, 0) is 4.79 Å². The number of hydrogen-bond donors (Lipinski definition) is 2. The molecule has 5 rings (SSSR count). The van der Waals surface area contributed by atoms with E-state index < -0.39 is 0 Å². The Bertz CT molecular complexity index is 1250. The quantitative estimate of drug-likeness (QED) is 0.501. The second-order valence-corrected chi connectivity index (χ2v) is 8.39. The molecule has 162 valence electrons. The number of imidazole rings is 1. The molecule has 0 saturated carbocycles. The predicted octanol–water partition coefficient (Wildman–Crippen LogP) is 4.24. The first-order chi connectivity index (χ1) is 15.7. The summed E-state index contributed by atoms with van der Waals surface area (Å²) in [6.45, 7) is 1.75. The van der Waals surface area contributed by atoms with Crippen molar-refractivity contribution in [2.75, 3.05) is 19.6 Å². The molecule has 1 fully saturated rings. The normalized spacial score (nSPS) is 16.4. The third kappa shape index (κ3) is 4.21. The van der Waals surface area contributed by atoms with Gasteiger partial charge in [-0.2, -0.15) is 0 Å². The number of benzene rings is 3. The van der Waals surface area contributed by atoms with Crippen molar-refractivity contribution in [3.8, 4) is 0 Å². The molecule has 1 saturated heterocycles. The fraction of sp³-hybridized carbons (Fsp3) is 0.269. The first kappa shape index (κ1) is 20.2. The minimum absolute atomic E-state index is 0.0737. The van der Waals surface area contributed by atoms with Crippen LogP contribution < -0.4 is 5.32 Å². The molecule has 4 aromatic rings. The first-order valence-corrected chi connectivity index (χ1v) is 11.2. The molecule has 1 atom stereocenters. The monoisotopic (exact) mass is 426 g/mol. The lowest BCUT2D eigenvalue weighted by Crippen LogP contribution is -2.40. The summed E-state index contributed by atoms with van der Waals surface area (Å²) in [7, 11) is 0. The molecule has 1 aliphatic heterocycles. The lowest BCUT2D eigenvalue weighted by molar-refractivity contribution is -0.132. The fourth-order valence-electron chi connectivity index (χ4n) is 4.47. The highest BCUT2D eigenvalue weighted by molar-refractivity contribution is 5.98. The highest BCUT2D eigenvalue weighted by atomic mass is 16.2. The zero-order valence-corrected chi connectivity index (χ0v) is 17.9. The molecule has 2 N–H and O–H groups in total. The number of H-pyrrole nitrogens is 1. The van der Waals surface area contributed by atoms with Crippen LogP contribution in [0, 0.1) is 0 Å². The third-order valence-electron chi connectivity index (χ3n) is 6.20. The molecule has 0 bridgehead atoms. The Balaban J connectivity index is 1.16. The molecule has 3 aromatic carbocycles. The van der Waals surface area contributed by atoms with Gasteiger partial charge in [-0.1, -0.05) is 42.5 Å². The Labute approximate surface area is 186 Å². The summed E-state index contributed by atoms with van der Waals surface area (Å²) >= 11 is 0. The van der Waals surface area contributed by atoms with Gasteiger partial charge in [-0.3, -0.25) is 9.59 Å². The Morgan fingerprint density at radius 3 is 2.72 bits per heavy atom. The first-order valence-electron chi connectivity index (χ1n) is 11.2. The van der Waals surface area contributed by atoms with Crippen molar-refractivity contribution in [1.29, 1.82) is 0 Å². The van der Waals surface area contributed by atoms with Gasteiger partial charge in [0.2, 0.25) is 5.91 Å². The van der Waals surface area contributed by atoms with Crippen molar-refractivity contribution in [2.24, 2.45) is 0 Å². The van der Waals surface area contributed by atoms with Crippen LogP contribution in [0.5, 0.6) is 0 Å². The van der Waals surface area contributed by atoms with Gasteiger partial charge in [-0.05, 0) is 47.9 Å². The number of nitrogens with one attached hydrogen (secondary N) is 2. The maximum absolute atomic E-state index is 12.8. The largest absolute Gasteiger partial charge is 0.352 e. The summed E-state index contributed by atoms with van der Waals surface area (Å²) in [5.74, 6) is 1.09. The second-order valence-electron chi connectivity index (χ2n) is 8.39. The Morgan fingerprint density at radius 2 is 1.84 bits per heavy atom. The lowest BCUT2D eigenvalue weighted by atomic mass is 9.97. The molecule has 2 amide bonds. The minimum Gasteiger partial charge on any atom is -0.352 e. The summed E-state index contributed by atoms with van der Waals surface area (Å²) in [5.41, 5.74) is 2.60. The minimum atomic E-state index is -0.151. The van der Waals surface area contributed by atoms with E-state index in [1.165, 1.54) is 0 Å². The smallest absolute Gasteiger partial charge is 0.251 e. The number of rotatable bonds is 5. The van der Waals surface area contributed by atoms with E-state index in [9.17, 15) is 9.59 Å². The number of likely N-dealkylation sites (tertiary alicyclic amines) is 1. The summed E-state index contributed by atoms with van der Waals surface area (Å²) in [5, 5.41) is 5.02. The number of piperidine rings is 1. The van der Waals surface area contributed by atoms with Crippen molar-refractivity contribution in [1.82, 2.24) is 20.2 Å². The maximum Gasteiger partial charge on any atom is 0.251 e. The number of hydrogen-bond acceptors (Lipinski definition) is 3. The molecule has 0 aliphatic carbocycles. The number of amides is 2. The topological polar surface area (TPSA) is 78.1 Å². The van der Waals surface area contributed by atoms with Crippen molar-refractivity contribution in [3.63, 3.8) is 0 Å².